The van der Waals surface area contributed by atoms with Crippen molar-refractivity contribution in [1.82, 2.24) is 14.9 Å². The average molecular weight is 376 g/mol. The van der Waals surface area contributed by atoms with Crippen LogP contribution in [0.2, 0.25) is 0 Å². The summed E-state index contributed by atoms with van der Waals surface area (Å²) >= 11 is 0. The second-order valence-corrected chi connectivity index (χ2v) is 6.41. The van der Waals surface area contributed by atoms with Gasteiger partial charge in [0.15, 0.2) is 11.5 Å². The number of hydrogen-bond donors (Lipinski definition) is 1. The number of piperazine rings is 1. The Morgan fingerprint density at radius 1 is 1.00 bits per heavy atom. The van der Waals surface area contributed by atoms with Crippen LogP contribution in [0.4, 0.5) is 5.82 Å². The number of aromatic nitrogens is 2. The fourth-order valence-electron chi connectivity index (χ4n) is 3.48. The van der Waals surface area contributed by atoms with Gasteiger partial charge in [0.05, 0.1) is 33.3 Å². The Labute approximate surface area is 159 Å². The first-order valence-corrected chi connectivity index (χ1v) is 9.24. The predicted molar refractivity (Wildman–Crippen MR) is 104 cm³/mol. The number of methoxy groups -OCH3 is 3. The monoisotopic (exact) mass is 376 g/mol. The molecule has 0 aliphatic carbocycles. The minimum atomic E-state index is 0.185. The van der Waals surface area contributed by atoms with Crippen molar-refractivity contribution in [1.29, 1.82) is 0 Å². The second-order valence-electron chi connectivity index (χ2n) is 6.41. The predicted octanol–water partition coefficient (Wildman–Crippen LogP) is 1.33. The van der Waals surface area contributed by atoms with Crippen LogP contribution in [0.5, 0.6) is 17.2 Å². The van der Waals surface area contributed by atoms with E-state index >= 15 is 0 Å². The topological polar surface area (TPSA) is 80.2 Å². The Kier molecular flexibility index (Phi) is 6.18. The molecule has 1 aromatic carbocycles. The fraction of sp³-hybridized carbons (Fsp3) is 0.579. The number of fused-ring (bicyclic) bond motifs is 1. The molecule has 0 bridgehead atoms. The number of β-amino-alcohol motifs (C(OH)–C–C–N with tert-alkyl or cyclic N) is 1. The fourth-order valence-corrected chi connectivity index (χ4v) is 3.48. The molecule has 8 heteroatoms. The molecule has 148 valence electrons. The standard InChI is InChI=1S/C19H28N4O4/c1-5-15-20-16-13(12-14(25-2)17(26-3)18(16)27-4)19(21-15)23-8-6-22(7-9-23)10-11-24/h12,24H,5-11H2,1-4H3. The van der Waals surface area contributed by atoms with Crippen LogP contribution in [0, 0.1) is 0 Å². The summed E-state index contributed by atoms with van der Waals surface area (Å²) in [5.74, 6) is 3.34. The molecule has 2 aromatic rings. The third-order valence-electron chi connectivity index (χ3n) is 4.92. The van der Waals surface area contributed by atoms with Crippen molar-refractivity contribution in [2.45, 2.75) is 13.3 Å². The number of hydrogen-bond acceptors (Lipinski definition) is 8. The molecular formula is C19H28N4O4. The van der Waals surface area contributed by atoms with E-state index in [1.165, 1.54) is 0 Å². The smallest absolute Gasteiger partial charge is 0.205 e. The van der Waals surface area contributed by atoms with E-state index in [-0.39, 0.29) is 6.61 Å². The maximum absolute atomic E-state index is 9.16. The molecule has 1 saturated heterocycles. The molecule has 0 amide bonds. The highest BCUT2D eigenvalue weighted by Crippen LogP contribution is 2.44. The summed E-state index contributed by atoms with van der Waals surface area (Å²) in [5, 5.41) is 10.0. The summed E-state index contributed by atoms with van der Waals surface area (Å²) in [6, 6.07) is 1.92. The molecule has 1 aromatic heterocycles. The van der Waals surface area contributed by atoms with Gasteiger partial charge >= 0.3 is 0 Å². The van der Waals surface area contributed by atoms with Crippen LogP contribution < -0.4 is 19.1 Å². The summed E-state index contributed by atoms with van der Waals surface area (Å²) in [5.41, 5.74) is 0.731. The molecule has 0 unspecified atom stereocenters. The molecule has 0 saturated carbocycles. The van der Waals surface area contributed by atoms with E-state index in [0.29, 0.717) is 23.8 Å². The maximum atomic E-state index is 9.16. The number of aryl methyl sites for hydroxylation is 1. The first kappa shape index (κ1) is 19.4. The Morgan fingerprint density at radius 2 is 1.70 bits per heavy atom. The maximum Gasteiger partial charge on any atom is 0.205 e. The van der Waals surface area contributed by atoms with Gasteiger partial charge in [0.1, 0.15) is 17.2 Å². The number of nitrogens with zero attached hydrogens (tertiary/aromatic N) is 4. The highest BCUT2D eigenvalue weighted by Gasteiger charge is 2.25. The van der Waals surface area contributed by atoms with Gasteiger partial charge in [-0.1, -0.05) is 6.92 Å². The summed E-state index contributed by atoms with van der Waals surface area (Å²) in [4.78, 5) is 14.0. The lowest BCUT2D eigenvalue weighted by Gasteiger charge is -2.35. The first-order valence-electron chi connectivity index (χ1n) is 9.24. The lowest BCUT2D eigenvalue weighted by atomic mass is 10.1. The SMILES string of the molecule is CCc1nc(N2CCN(CCO)CC2)c2cc(OC)c(OC)c(OC)c2n1. The molecule has 27 heavy (non-hydrogen) atoms. The van der Waals surface area contributed by atoms with Gasteiger partial charge in [-0.3, -0.25) is 4.90 Å². The molecule has 0 atom stereocenters. The zero-order valence-corrected chi connectivity index (χ0v) is 16.5. The minimum Gasteiger partial charge on any atom is -0.493 e. The third-order valence-corrected chi connectivity index (χ3v) is 4.92. The number of aliphatic hydroxyl groups excluding tert-OH is 1. The van der Waals surface area contributed by atoms with Gasteiger partial charge in [-0.2, -0.15) is 0 Å². The molecule has 1 N–H and O–H groups in total. The van der Waals surface area contributed by atoms with Gasteiger partial charge in [-0.15, -0.1) is 0 Å². The van der Waals surface area contributed by atoms with Crippen molar-refractivity contribution >= 4 is 16.7 Å². The number of benzene rings is 1. The molecule has 0 spiro atoms. The Morgan fingerprint density at radius 3 is 2.26 bits per heavy atom. The quantitative estimate of drug-likeness (QED) is 0.775. The molecule has 1 aliphatic rings. The molecule has 1 aliphatic heterocycles. The van der Waals surface area contributed by atoms with Crippen molar-refractivity contribution in [2.75, 3.05) is 65.6 Å². The minimum absolute atomic E-state index is 0.185. The third kappa shape index (κ3) is 3.72. The summed E-state index contributed by atoms with van der Waals surface area (Å²) < 4.78 is 16.7. The molecule has 3 rings (SSSR count). The van der Waals surface area contributed by atoms with Crippen LogP contribution in [0.15, 0.2) is 6.07 Å². The van der Waals surface area contributed by atoms with E-state index in [9.17, 15) is 0 Å². The largest absolute Gasteiger partial charge is 0.493 e. The summed E-state index contributed by atoms with van der Waals surface area (Å²) in [6.45, 7) is 6.38. The van der Waals surface area contributed by atoms with E-state index in [1.807, 2.05) is 13.0 Å². The highest BCUT2D eigenvalue weighted by molar-refractivity contribution is 5.97. The van der Waals surface area contributed by atoms with Gasteiger partial charge in [-0.25, -0.2) is 9.97 Å². The lowest BCUT2D eigenvalue weighted by molar-refractivity contribution is 0.188. The summed E-state index contributed by atoms with van der Waals surface area (Å²) in [6.07, 6.45) is 0.727. The molecule has 1 fully saturated rings. The van der Waals surface area contributed by atoms with E-state index in [0.717, 1.165) is 55.1 Å². The van der Waals surface area contributed by atoms with Gasteiger partial charge in [0, 0.05) is 39.1 Å². The van der Waals surface area contributed by atoms with Crippen molar-refractivity contribution in [3.05, 3.63) is 11.9 Å². The van der Waals surface area contributed by atoms with Gasteiger partial charge < -0.3 is 24.2 Å². The van der Waals surface area contributed by atoms with Crippen molar-refractivity contribution in [3.63, 3.8) is 0 Å². The van der Waals surface area contributed by atoms with Crippen molar-refractivity contribution < 1.29 is 19.3 Å². The zero-order chi connectivity index (χ0) is 19.4. The first-order chi connectivity index (χ1) is 13.2. The van der Waals surface area contributed by atoms with Gasteiger partial charge in [0.25, 0.3) is 0 Å². The molecular weight excluding hydrogens is 348 g/mol. The zero-order valence-electron chi connectivity index (χ0n) is 16.5. The van der Waals surface area contributed by atoms with E-state index in [4.69, 9.17) is 29.3 Å². The number of ether oxygens (including phenoxy) is 3. The van der Waals surface area contributed by atoms with Crippen LogP contribution in [-0.4, -0.2) is 80.6 Å². The number of rotatable bonds is 7. The summed E-state index contributed by atoms with van der Waals surface area (Å²) in [7, 11) is 4.81. The normalized spacial score (nSPS) is 15.2. The van der Waals surface area contributed by atoms with E-state index in [1.54, 1.807) is 21.3 Å². The van der Waals surface area contributed by atoms with Gasteiger partial charge in [0.2, 0.25) is 5.75 Å². The Bertz CT molecular complexity index is 791. The van der Waals surface area contributed by atoms with Crippen LogP contribution >= 0.6 is 0 Å². The number of anilines is 1. The van der Waals surface area contributed by atoms with Crippen LogP contribution in [0.3, 0.4) is 0 Å². The van der Waals surface area contributed by atoms with Crippen molar-refractivity contribution in [3.8, 4) is 17.2 Å². The van der Waals surface area contributed by atoms with Crippen LogP contribution in [-0.2, 0) is 6.42 Å². The van der Waals surface area contributed by atoms with Crippen LogP contribution in [0.25, 0.3) is 10.9 Å². The molecule has 8 nitrogen and oxygen atoms in total. The van der Waals surface area contributed by atoms with Crippen LogP contribution in [0.1, 0.15) is 12.7 Å². The molecule has 0 radical (unpaired) electrons. The Balaban J connectivity index is 2.12. The number of aliphatic hydroxyl groups is 1. The van der Waals surface area contributed by atoms with E-state index < -0.39 is 0 Å². The molecule has 2 heterocycles. The van der Waals surface area contributed by atoms with E-state index in [2.05, 4.69) is 9.80 Å². The average Bonchev–Trinajstić information content (AvgIpc) is 2.72. The Hall–Kier alpha value is -2.32. The highest BCUT2D eigenvalue weighted by atomic mass is 16.5. The van der Waals surface area contributed by atoms with Gasteiger partial charge in [-0.05, 0) is 6.07 Å². The van der Waals surface area contributed by atoms with Crippen molar-refractivity contribution in [2.24, 2.45) is 0 Å². The second kappa shape index (κ2) is 8.58. The lowest BCUT2D eigenvalue weighted by Crippen LogP contribution is -2.47.